The van der Waals surface area contributed by atoms with Gasteiger partial charge in [-0.25, -0.2) is 0 Å². The maximum absolute atomic E-state index is 6.20. The van der Waals surface area contributed by atoms with Crippen LogP contribution in [0, 0.1) is 3.57 Å². The zero-order chi connectivity index (χ0) is 10.3. The highest BCUT2D eigenvalue weighted by Gasteiger charge is 2.10. The van der Waals surface area contributed by atoms with E-state index in [9.17, 15) is 0 Å². The molecule has 0 saturated carbocycles. The van der Waals surface area contributed by atoms with Gasteiger partial charge in [-0.15, -0.1) is 0 Å². The van der Waals surface area contributed by atoms with Crippen LogP contribution in [0.2, 0.25) is 5.02 Å². The van der Waals surface area contributed by atoms with E-state index in [0.29, 0.717) is 0 Å². The minimum Gasteiger partial charge on any atom is -0.254 e. The van der Waals surface area contributed by atoms with Crippen LogP contribution in [0.15, 0.2) is 27.3 Å². The summed E-state index contributed by atoms with van der Waals surface area (Å²) in [6.07, 6.45) is 1.77. The fraction of sp³-hybridized carbons (Fsp3) is 0. The van der Waals surface area contributed by atoms with Crippen molar-refractivity contribution in [2.75, 3.05) is 0 Å². The first kappa shape index (κ1) is 11.1. The van der Waals surface area contributed by atoms with Gasteiger partial charge in [0.05, 0.1) is 14.1 Å². The molecule has 1 heterocycles. The van der Waals surface area contributed by atoms with E-state index in [1.54, 1.807) is 6.20 Å². The van der Waals surface area contributed by atoms with Crippen LogP contribution in [-0.2, 0) is 0 Å². The molecule has 0 spiro atoms. The highest BCUT2D eigenvalue weighted by atomic mass is 127. The molecule has 0 bridgehead atoms. The van der Waals surface area contributed by atoms with E-state index in [1.807, 2.05) is 12.1 Å². The molecule has 1 aromatic carbocycles. The molecule has 2 rings (SSSR count). The van der Waals surface area contributed by atoms with Crippen molar-refractivity contribution in [2.45, 2.75) is 0 Å². The van der Waals surface area contributed by atoms with Crippen molar-refractivity contribution in [2.24, 2.45) is 0 Å². The van der Waals surface area contributed by atoms with E-state index in [2.05, 4.69) is 59.4 Å². The summed E-state index contributed by atoms with van der Waals surface area (Å²) in [6.45, 7) is 0. The predicted octanol–water partition coefficient (Wildman–Crippen LogP) is 5.02. The molecule has 0 aliphatic carbocycles. The van der Waals surface area contributed by atoms with Gasteiger partial charge in [0.2, 0.25) is 0 Å². The third-order valence-corrected chi connectivity index (χ3v) is 4.64. The quantitative estimate of drug-likeness (QED) is 0.517. The third kappa shape index (κ3) is 1.81. The lowest BCUT2D eigenvalue weighted by atomic mass is 10.2. The smallest absolute Gasteiger partial charge is 0.0871 e. The van der Waals surface area contributed by atoms with Gasteiger partial charge >= 0.3 is 0 Å². The molecule has 2 aromatic rings. The minimum absolute atomic E-state index is 0.740. The molecule has 0 unspecified atom stereocenters. The molecule has 0 saturated heterocycles. The number of hydrogen-bond donors (Lipinski definition) is 0. The summed E-state index contributed by atoms with van der Waals surface area (Å²) >= 11 is 15.3. The molecule has 14 heavy (non-hydrogen) atoms. The Hall–Kier alpha value is 0.610. The normalized spacial score (nSPS) is 10.9. The average molecular weight is 447 g/mol. The average Bonchev–Trinajstić information content (AvgIpc) is 2.16. The van der Waals surface area contributed by atoms with Gasteiger partial charge in [-0.2, -0.15) is 0 Å². The van der Waals surface area contributed by atoms with Crippen LogP contribution in [0.5, 0.6) is 0 Å². The van der Waals surface area contributed by atoms with E-state index >= 15 is 0 Å². The standard InChI is InChI=1S/C9H3Br2ClIN/c10-4-1-2-5(11)9-7(4)8(12)6(13)3-14-9/h1-3H. The van der Waals surface area contributed by atoms with Gasteiger partial charge in [0.15, 0.2) is 0 Å². The third-order valence-electron chi connectivity index (χ3n) is 1.81. The summed E-state index contributed by atoms with van der Waals surface area (Å²) in [7, 11) is 0. The topological polar surface area (TPSA) is 12.9 Å². The molecule has 0 radical (unpaired) electrons. The second-order valence-electron chi connectivity index (χ2n) is 2.67. The largest absolute Gasteiger partial charge is 0.254 e. The highest BCUT2D eigenvalue weighted by molar-refractivity contribution is 14.1. The summed E-state index contributed by atoms with van der Waals surface area (Å²) < 4.78 is 2.87. The van der Waals surface area contributed by atoms with Crippen LogP contribution in [0.1, 0.15) is 0 Å². The zero-order valence-corrected chi connectivity index (χ0v) is 12.8. The van der Waals surface area contributed by atoms with Crippen molar-refractivity contribution < 1.29 is 0 Å². The highest BCUT2D eigenvalue weighted by Crippen LogP contribution is 2.35. The number of pyridine rings is 1. The molecule has 1 aromatic heterocycles. The van der Waals surface area contributed by atoms with Crippen LogP contribution >= 0.6 is 66.1 Å². The first-order chi connectivity index (χ1) is 6.61. The first-order valence-electron chi connectivity index (χ1n) is 3.69. The lowest BCUT2D eigenvalue weighted by Crippen LogP contribution is -1.86. The fourth-order valence-electron chi connectivity index (χ4n) is 1.17. The van der Waals surface area contributed by atoms with E-state index in [4.69, 9.17) is 11.6 Å². The number of benzene rings is 1. The lowest BCUT2D eigenvalue weighted by molar-refractivity contribution is 1.37. The Bertz CT molecular complexity index is 516. The van der Waals surface area contributed by atoms with Gasteiger partial charge in [-0.05, 0) is 50.7 Å². The zero-order valence-electron chi connectivity index (χ0n) is 6.69. The van der Waals surface area contributed by atoms with Crippen LogP contribution in [0.3, 0.4) is 0 Å². The van der Waals surface area contributed by atoms with Crippen molar-refractivity contribution in [3.63, 3.8) is 0 Å². The summed E-state index contributed by atoms with van der Waals surface area (Å²) in [5, 5.41) is 1.69. The number of rotatable bonds is 0. The van der Waals surface area contributed by atoms with Crippen molar-refractivity contribution >= 4 is 77.0 Å². The molecule has 5 heteroatoms. The van der Waals surface area contributed by atoms with Gasteiger partial charge in [0.1, 0.15) is 0 Å². The minimum atomic E-state index is 0.740. The maximum atomic E-state index is 6.20. The number of halogens is 4. The SMILES string of the molecule is Clc1c(I)cnc2c(Br)ccc(Br)c12. The Morgan fingerprint density at radius 2 is 1.86 bits per heavy atom. The molecule has 0 fully saturated rings. The van der Waals surface area contributed by atoms with Crippen LogP contribution in [0.25, 0.3) is 10.9 Å². The summed E-state index contributed by atoms with van der Waals surface area (Å²) in [5.41, 5.74) is 0.879. The van der Waals surface area contributed by atoms with Crippen LogP contribution in [-0.4, -0.2) is 4.98 Å². The Balaban J connectivity index is 3.01. The predicted molar refractivity (Wildman–Crippen MR) is 74.9 cm³/mol. The number of aromatic nitrogens is 1. The number of fused-ring (bicyclic) bond motifs is 1. The number of nitrogens with zero attached hydrogens (tertiary/aromatic N) is 1. The van der Waals surface area contributed by atoms with Gasteiger partial charge in [-0.3, -0.25) is 4.98 Å². The molecule has 0 atom stereocenters. The Morgan fingerprint density at radius 3 is 2.57 bits per heavy atom. The summed E-state index contributed by atoms with van der Waals surface area (Å²) in [5.74, 6) is 0. The molecule has 72 valence electrons. The second kappa shape index (κ2) is 4.23. The second-order valence-corrected chi connectivity index (χ2v) is 5.92. The Labute approximate surface area is 117 Å². The molecule has 0 N–H and O–H groups in total. The molecule has 1 nitrogen and oxygen atoms in total. The number of hydrogen-bond acceptors (Lipinski definition) is 1. The van der Waals surface area contributed by atoms with Crippen molar-refractivity contribution in [1.82, 2.24) is 4.98 Å². The van der Waals surface area contributed by atoms with E-state index in [-0.39, 0.29) is 0 Å². The monoisotopic (exact) mass is 445 g/mol. The van der Waals surface area contributed by atoms with Gasteiger partial charge in [-0.1, -0.05) is 27.5 Å². The maximum Gasteiger partial charge on any atom is 0.0871 e. The van der Waals surface area contributed by atoms with Crippen LogP contribution in [0.4, 0.5) is 0 Å². The first-order valence-corrected chi connectivity index (χ1v) is 6.73. The van der Waals surface area contributed by atoms with E-state index < -0.39 is 0 Å². The van der Waals surface area contributed by atoms with Crippen molar-refractivity contribution in [1.29, 1.82) is 0 Å². The fourth-order valence-corrected chi connectivity index (χ4v) is 2.89. The van der Waals surface area contributed by atoms with E-state index in [1.165, 1.54) is 0 Å². The van der Waals surface area contributed by atoms with Crippen molar-refractivity contribution in [3.8, 4) is 0 Å². The van der Waals surface area contributed by atoms with E-state index in [0.717, 1.165) is 28.4 Å². The molecule has 0 aliphatic rings. The molecular weight excluding hydrogens is 444 g/mol. The summed E-state index contributed by atoms with van der Waals surface area (Å²) in [6, 6.07) is 3.90. The lowest BCUT2D eigenvalue weighted by Gasteiger charge is -2.05. The van der Waals surface area contributed by atoms with Crippen LogP contribution < -0.4 is 0 Å². The Kier molecular flexibility index (Phi) is 3.36. The molecular formula is C9H3Br2ClIN. The van der Waals surface area contributed by atoms with Crippen molar-refractivity contribution in [3.05, 3.63) is 35.9 Å². The molecule has 0 aliphatic heterocycles. The summed E-state index contributed by atoms with van der Waals surface area (Å²) in [4.78, 5) is 4.33. The Morgan fingerprint density at radius 1 is 1.21 bits per heavy atom. The van der Waals surface area contributed by atoms with Gasteiger partial charge < -0.3 is 0 Å². The molecule has 0 amide bonds. The van der Waals surface area contributed by atoms with Gasteiger partial charge in [0.25, 0.3) is 0 Å². The van der Waals surface area contributed by atoms with Gasteiger partial charge in [0, 0.05) is 20.5 Å².